The molecular weight excluding hydrogens is 440 g/mol. The lowest BCUT2D eigenvalue weighted by Crippen LogP contribution is -2.17. The summed E-state index contributed by atoms with van der Waals surface area (Å²) >= 11 is 0. The molecule has 0 spiro atoms. The SMILES string of the molecule is CCCc1[nH]c(=O)c(Cc2cc3cc(OC)ccc3nc2CC(C)C)c2cc(OC)c(OC)cc12. The fraction of sp³-hybridized carbons (Fsp3) is 0.379. The second-order valence-corrected chi connectivity index (χ2v) is 9.34. The second-order valence-electron chi connectivity index (χ2n) is 9.34. The van der Waals surface area contributed by atoms with E-state index in [1.54, 1.807) is 21.3 Å². The summed E-state index contributed by atoms with van der Waals surface area (Å²) in [7, 11) is 4.90. The van der Waals surface area contributed by atoms with Gasteiger partial charge in [0.2, 0.25) is 0 Å². The summed E-state index contributed by atoms with van der Waals surface area (Å²) in [6.45, 7) is 6.47. The second kappa shape index (κ2) is 10.4. The van der Waals surface area contributed by atoms with Crippen molar-refractivity contribution in [3.8, 4) is 17.2 Å². The fourth-order valence-electron chi connectivity index (χ4n) is 4.68. The van der Waals surface area contributed by atoms with Crippen molar-refractivity contribution >= 4 is 21.7 Å². The van der Waals surface area contributed by atoms with E-state index in [9.17, 15) is 4.79 Å². The average molecular weight is 475 g/mol. The standard InChI is InChI=1S/C29H34N2O4/c1-7-8-25-22-16-28(35-6)27(34-5)15-21(22)23(29(32)31-25)14-19-12-18-13-20(33-4)9-10-24(18)30-26(19)11-17(2)3/h9-10,12-13,15-17H,7-8,11,14H2,1-6H3,(H,31,32). The van der Waals surface area contributed by atoms with Crippen LogP contribution in [0.25, 0.3) is 21.7 Å². The molecule has 0 fully saturated rings. The molecule has 2 aromatic heterocycles. The Morgan fingerprint density at radius 1 is 0.943 bits per heavy atom. The Morgan fingerprint density at radius 2 is 1.66 bits per heavy atom. The lowest BCUT2D eigenvalue weighted by Gasteiger charge is -2.17. The van der Waals surface area contributed by atoms with Crippen molar-refractivity contribution in [2.24, 2.45) is 5.92 Å². The predicted octanol–water partition coefficient (Wildman–Crippen LogP) is 5.84. The van der Waals surface area contributed by atoms with Crippen molar-refractivity contribution in [3.05, 3.63) is 69.3 Å². The number of hydrogen-bond acceptors (Lipinski definition) is 5. The third-order valence-corrected chi connectivity index (χ3v) is 6.37. The normalized spacial score (nSPS) is 11.4. The number of aromatic amines is 1. The monoisotopic (exact) mass is 474 g/mol. The number of fused-ring (bicyclic) bond motifs is 2. The molecule has 0 aliphatic heterocycles. The fourth-order valence-corrected chi connectivity index (χ4v) is 4.68. The van der Waals surface area contributed by atoms with E-state index >= 15 is 0 Å². The molecule has 184 valence electrons. The highest BCUT2D eigenvalue weighted by atomic mass is 16.5. The molecule has 35 heavy (non-hydrogen) atoms. The molecule has 0 aliphatic rings. The first-order valence-corrected chi connectivity index (χ1v) is 12.1. The molecule has 0 aliphatic carbocycles. The number of pyridine rings is 2. The smallest absolute Gasteiger partial charge is 0.252 e. The molecular formula is C29H34N2O4. The minimum Gasteiger partial charge on any atom is -0.497 e. The topological polar surface area (TPSA) is 73.4 Å². The number of aromatic nitrogens is 2. The number of H-pyrrole nitrogens is 1. The van der Waals surface area contributed by atoms with Crippen molar-refractivity contribution in [2.75, 3.05) is 21.3 Å². The van der Waals surface area contributed by atoms with Gasteiger partial charge in [0.05, 0.1) is 26.8 Å². The Hall–Kier alpha value is -3.54. The van der Waals surface area contributed by atoms with Crippen LogP contribution in [0.4, 0.5) is 0 Å². The van der Waals surface area contributed by atoms with E-state index in [0.717, 1.165) is 63.6 Å². The first-order chi connectivity index (χ1) is 16.9. The van der Waals surface area contributed by atoms with Crippen molar-refractivity contribution in [1.82, 2.24) is 9.97 Å². The molecule has 6 heteroatoms. The van der Waals surface area contributed by atoms with Crippen LogP contribution in [0.1, 0.15) is 49.7 Å². The molecule has 1 N–H and O–H groups in total. The van der Waals surface area contributed by atoms with Crippen LogP contribution < -0.4 is 19.8 Å². The lowest BCUT2D eigenvalue weighted by molar-refractivity contribution is 0.356. The van der Waals surface area contributed by atoms with Gasteiger partial charge in [0, 0.05) is 34.1 Å². The Labute approximate surface area is 206 Å². The minimum absolute atomic E-state index is 0.0746. The number of ether oxygens (including phenoxy) is 3. The number of hydrogen-bond donors (Lipinski definition) is 1. The van der Waals surface area contributed by atoms with Crippen LogP contribution in [0, 0.1) is 5.92 Å². The highest BCUT2D eigenvalue weighted by molar-refractivity contribution is 5.91. The van der Waals surface area contributed by atoms with Crippen molar-refractivity contribution in [1.29, 1.82) is 0 Å². The van der Waals surface area contributed by atoms with Gasteiger partial charge in [-0.05, 0) is 66.1 Å². The van der Waals surface area contributed by atoms with Crippen LogP contribution in [-0.4, -0.2) is 31.3 Å². The van der Waals surface area contributed by atoms with Crippen molar-refractivity contribution < 1.29 is 14.2 Å². The summed E-state index contributed by atoms with van der Waals surface area (Å²) in [6.07, 6.45) is 3.00. The van der Waals surface area contributed by atoms with E-state index in [0.29, 0.717) is 29.4 Å². The van der Waals surface area contributed by atoms with Crippen LogP contribution in [0.3, 0.4) is 0 Å². The van der Waals surface area contributed by atoms with Crippen molar-refractivity contribution in [2.45, 2.75) is 46.5 Å². The first kappa shape index (κ1) is 24.6. The molecule has 0 amide bonds. The Balaban J connectivity index is 1.95. The highest BCUT2D eigenvalue weighted by Gasteiger charge is 2.18. The van der Waals surface area contributed by atoms with Gasteiger partial charge in [0.1, 0.15) is 5.75 Å². The van der Waals surface area contributed by atoms with Gasteiger partial charge in [-0.25, -0.2) is 0 Å². The summed E-state index contributed by atoms with van der Waals surface area (Å²) in [5.41, 5.74) is 4.53. The summed E-state index contributed by atoms with van der Waals surface area (Å²) < 4.78 is 16.6. The van der Waals surface area contributed by atoms with Gasteiger partial charge < -0.3 is 19.2 Å². The summed E-state index contributed by atoms with van der Waals surface area (Å²) in [6, 6.07) is 12.0. The third kappa shape index (κ3) is 4.97. The molecule has 0 radical (unpaired) electrons. The van der Waals surface area contributed by atoms with Crippen LogP contribution in [0.15, 0.2) is 41.2 Å². The molecule has 4 rings (SSSR count). The van der Waals surface area contributed by atoms with Crippen LogP contribution in [0.5, 0.6) is 17.2 Å². The van der Waals surface area contributed by atoms with Gasteiger partial charge in [0.15, 0.2) is 11.5 Å². The minimum atomic E-state index is -0.0746. The maximum atomic E-state index is 13.4. The molecule has 0 atom stereocenters. The molecule has 0 unspecified atom stereocenters. The van der Waals surface area contributed by atoms with E-state index < -0.39 is 0 Å². The summed E-state index contributed by atoms with van der Waals surface area (Å²) in [5.74, 6) is 2.47. The van der Waals surface area contributed by atoms with Crippen LogP contribution >= 0.6 is 0 Å². The number of rotatable bonds is 9. The van der Waals surface area contributed by atoms with Gasteiger partial charge in [-0.1, -0.05) is 27.2 Å². The number of nitrogens with one attached hydrogen (secondary N) is 1. The van der Waals surface area contributed by atoms with E-state index in [1.807, 2.05) is 30.3 Å². The molecule has 6 nitrogen and oxygen atoms in total. The molecule has 4 aromatic rings. The maximum Gasteiger partial charge on any atom is 0.252 e. The Kier molecular flexibility index (Phi) is 7.29. The predicted molar refractivity (Wildman–Crippen MR) is 141 cm³/mol. The molecule has 2 heterocycles. The molecule has 0 saturated carbocycles. The zero-order valence-electron chi connectivity index (χ0n) is 21.5. The quantitative estimate of drug-likeness (QED) is 0.330. The van der Waals surface area contributed by atoms with Gasteiger partial charge in [-0.3, -0.25) is 9.78 Å². The van der Waals surface area contributed by atoms with Gasteiger partial charge in [-0.2, -0.15) is 0 Å². The third-order valence-electron chi connectivity index (χ3n) is 6.37. The number of benzene rings is 2. The van der Waals surface area contributed by atoms with E-state index in [-0.39, 0.29) is 5.56 Å². The van der Waals surface area contributed by atoms with Gasteiger partial charge in [-0.15, -0.1) is 0 Å². The van der Waals surface area contributed by atoms with Crippen molar-refractivity contribution in [3.63, 3.8) is 0 Å². The maximum absolute atomic E-state index is 13.4. The van der Waals surface area contributed by atoms with Gasteiger partial charge >= 0.3 is 0 Å². The first-order valence-electron chi connectivity index (χ1n) is 12.1. The Bertz CT molecular complexity index is 1420. The van der Waals surface area contributed by atoms with E-state index in [2.05, 4.69) is 31.8 Å². The zero-order chi connectivity index (χ0) is 25.1. The average Bonchev–Trinajstić information content (AvgIpc) is 2.85. The summed E-state index contributed by atoms with van der Waals surface area (Å²) in [4.78, 5) is 21.6. The van der Waals surface area contributed by atoms with Crippen LogP contribution in [0.2, 0.25) is 0 Å². The lowest BCUT2D eigenvalue weighted by atomic mass is 9.93. The van der Waals surface area contributed by atoms with Crippen LogP contribution in [-0.2, 0) is 19.3 Å². The van der Waals surface area contributed by atoms with Gasteiger partial charge in [0.25, 0.3) is 5.56 Å². The molecule has 0 bridgehead atoms. The zero-order valence-corrected chi connectivity index (χ0v) is 21.5. The van der Waals surface area contributed by atoms with E-state index in [1.165, 1.54) is 0 Å². The summed E-state index contributed by atoms with van der Waals surface area (Å²) in [5, 5.41) is 2.87. The number of nitrogens with zero attached hydrogens (tertiary/aromatic N) is 1. The molecule has 2 aromatic carbocycles. The Morgan fingerprint density at radius 3 is 2.29 bits per heavy atom. The number of methoxy groups -OCH3 is 3. The van der Waals surface area contributed by atoms with E-state index in [4.69, 9.17) is 19.2 Å². The highest BCUT2D eigenvalue weighted by Crippen LogP contribution is 2.35. The molecule has 0 saturated heterocycles. The largest absolute Gasteiger partial charge is 0.497 e. The number of aryl methyl sites for hydroxylation is 1.